The van der Waals surface area contributed by atoms with E-state index in [1.165, 1.54) is 44.9 Å². The van der Waals surface area contributed by atoms with Gasteiger partial charge in [0.25, 0.3) is 0 Å². The van der Waals surface area contributed by atoms with Crippen molar-refractivity contribution < 1.29 is 14.6 Å². The van der Waals surface area contributed by atoms with E-state index in [4.69, 9.17) is 9.84 Å². The average molecular weight is 325 g/mol. The lowest BCUT2D eigenvalue weighted by atomic mass is 9.98. The van der Waals surface area contributed by atoms with Gasteiger partial charge in [-0.05, 0) is 32.1 Å². The van der Waals surface area contributed by atoms with Crippen LogP contribution in [0.5, 0.6) is 0 Å². The molecule has 0 aromatic rings. The summed E-state index contributed by atoms with van der Waals surface area (Å²) < 4.78 is 5.54. The van der Waals surface area contributed by atoms with E-state index < -0.39 is 12.1 Å². The fourth-order valence-electron chi connectivity index (χ4n) is 2.68. The molecule has 0 amide bonds. The van der Waals surface area contributed by atoms with E-state index in [1.807, 2.05) is 13.8 Å². The highest BCUT2D eigenvalue weighted by Gasteiger charge is 2.17. The van der Waals surface area contributed by atoms with E-state index in [0.717, 1.165) is 19.3 Å². The summed E-state index contributed by atoms with van der Waals surface area (Å²) in [5.74, 6) is 5.70. The summed E-state index contributed by atoms with van der Waals surface area (Å²) in [4.78, 5) is 10.9. The normalized spacial score (nSPS) is 13.2. The molecule has 0 saturated carbocycles. The number of aliphatic carboxylic acids is 1. The third-order valence-electron chi connectivity index (χ3n) is 4.35. The lowest BCUT2D eigenvalue weighted by Crippen LogP contribution is -2.25. The van der Waals surface area contributed by atoms with E-state index in [9.17, 15) is 4.79 Å². The largest absolute Gasteiger partial charge is 0.479 e. The number of carboxylic acid groups (broad SMARTS) is 1. The highest BCUT2D eigenvalue weighted by Crippen LogP contribution is 2.17. The molecule has 0 aliphatic rings. The van der Waals surface area contributed by atoms with Crippen LogP contribution in [-0.4, -0.2) is 23.8 Å². The Kier molecular flexibility index (Phi) is 15.2. The van der Waals surface area contributed by atoms with Gasteiger partial charge < -0.3 is 9.84 Å². The topological polar surface area (TPSA) is 46.5 Å². The van der Waals surface area contributed by atoms with Gasteiger partial charge in [0.2, 0.25) is 0 Å². The average Bonchev–Trinajstić information content (AvgIpc) is 2.54. The SMILES string of the molecule is CC#CCCCCCCCCCC(CC)COC(CC)C(=O)O. The minimum Gasteiger partial charge on any atom is -0.479 e. The molecule has 134 valence electrons. The predicted octanol–water partition coefficient (Wildman–Crippen LogP) is 5.43. The number of rotatable bonds is 15. The van der Waals surface area contributed by atoms with Crippen LogP contribution in [0.15, 0.2) is 0 Å². The lowest BCUT2D eigenvalue weighted by molar-refractivity contribution is -0.151. The van der Waals surface area contributed by atoms with Crippen molar-refractivity contribution in [1.82, 2.24) is 0 Å². The van der Waals surface area contributed by atoms with Crippen LogP contribution < -0.4 is 0 Å². The second kappa shape index (κ2) is 15.9. The van der Waals surface area contributed by atoms with E-state index in [0.29, 0.717) is 18.9 Å². The van der Waals surface area contributed by atoms with Crippen molar-refractivity contribution in [2.45, 2.75) is 97.5 Å². The van der Waals surface area contributed by atoms with Gasteiger partial charge in [-0.25, -0.2) is 4.79 Å². The first-order valence-corrected chi connectivity index (χ1v) is 9.39. The monoisotopic (exact) mass is 324 g/mol. The zero-order valence-corrected chi connectivity index (χ0v) is 15.4. The molecule has 2 unspecified atom stereocenters. The van der Waals surface area contributed by atoms with Gasteiger partial charge in [0.05, 0.1) is 6.61 Å². The standard InChI is InChI=1S/C20H36O3/c1-4-7-8-9-10-11-12-13-14-15-16-18(5-2)17-23-19(6-3)20(21)22/h18-19H,5-6,8-17H2,1-3H3,(H,21,22). The minimum absolute atomic E-state index is 0.496. The summed E-state index contributed by atoms with van der Waals surface area (Å²) in [6.07, 6.45) is 12.2. The van der Waals surface area contributed by atoms with Crippen molar-refractivity contribution >= 4 is 5.97 Å². The Morgan fingerprint density at radius 3 is 2.13 bits per heavy atom. The molecule has 0 aromatic heterocycles. The van der Waals surface area contributed by atoms with E-state index in [-0.39, 0.29) is 0 Å². The molecule has 1 N–H and O–H groups in total. The van der Waals surface area contributed by atoms with Gasteiger partial charge in [0.15, 0.2) is 6.10 Å². The van der Waals surface area contributed by atoms with Crippen molar-refractivity contribution in [3.05, 3.63) is 0 Å². The molecule has 0 spiro atoms. The molecule has 0 fully saturated rings. The fraction of sp³-hybridized carbons (Fsp3) is 0.850. The summed E-state index contributed by atoms with van der Waals surface area (Å²) in [6.45, 7) is 6.50. The van der Waals surface area contributed by atoms with Crippen LogP contribution in [-0.2, 0) is 9.53 Å². The van der Waals surface area contributed by atoms with Crippen molar-refractivity contribution in [3.8, 4) is 11.8 Å². The third-order valence-corrected chi connectivity index (χ3v) is 4.35. The Bertz CT molecular complexity index is 341. The van der Waals surface area contributed by atoms with Crippen LogP contribution in [0, 0.1) is 17.8 Å². The molecule has 0 saturated heterocycles. The Morgan fingerprint density at radius 1 is 1.00 bits per heavy atom. The summed E-state index contributed by atoms with van der Waals surface area (Å²) in [5, 5.41) is 8.99. The summed E-state index contributed by atoms with van der Waals surface area (Å²) in [7, 11) is 0. The molecule has 23 heavy (non-hydrogen) atoms. The number of ether oxygens (including phenoxy) is 1. The molecule has 0 radical (unpaired) electrons. The first-order chi connectivity index (χ1) is 11.2. The molecule has 3 nitrogen and oxygen atoms in total. The Hall–Kier alpha value is -1.01. The molecule has 0 bridgehead atoms. The lowest BCUT2D eigenvalue weighted by Gasteiger charge is -2.18. The maximum atomic E-state index is 10.9. The van der Waals surface area contributed by atoms with Gasteiger partial charge in [0, 0.05) is 6.42 Å². The van der Waals surface area contributed by atoms with Gasteiger partial charge in [-0.1, -0.05) is 58.8 Å². The first kappa shape index (κ1) is 22.0. The minimum atomic E-state index is -0.840. The van der Waals surface area contributed by atoms with Gasteiger partial charge in [0.1, 0.15) is 0 Å². The Labute approximate surface area is 143 Å². The maximum Gasteiger partial charge on any atom is 0.332 e. The second-order valence-electron chi connectivity index (χ2n) is 6.28. The molecular formula is C20H36O3. The maximum absolute atomic E-state index is 10.9. The van der Waals surface area contributed by atoms with E-state index in [2.05, 4.69) is 18.8 Å². The Balaban J connectivity index is 3.56. The second-order valence-corrected chi connectivity index (χ2v) is 6.28. The molecule has 0 aliphatic carbocycles. The van der Waals surface area contributed by atoms with Crippen LogP contribution in [0.25, 0.3) is 0 Å². The van der Waals surface area contributed by atoms with Crippen LogP contribution in [0.4, 0.5) is 0 Å². The highest BCUT2D eigenvalue weighted by atomic mass is 16.5. The van der Waals surface area contributed by atoms with Crippen molar-refractivity contribution in [1.29, 1.82) is 0 Å². The van der Waals surface area contributed by atoms with Gasteiger partial charge in [-0.3, -0.25) is 0 Å². The van der Waals surface area contributed by atoms with Gasteiger partial charge in [-0.2, -0.15) is 0 Å². The number of hydrogen-bond acceptors (Lipinski definition) is 2. The zero-order valence-electron chi connectivity index (χ0n) is 15.4. The van der Waals surface area contributed by atoms with Crippen LogP contribution in [0.2, 0.25) is 0 Å². The highest BCUT2D eigenvalue weighted by molar-refractivity contribution is 5.72. The van der Waals surface area contributed by atoms with E-state index >= 15 is 0 Å². The zero-order chi connectivity index (χ0) is 17.3. The van der Waals surface area contributed by atoms with Crippen molar-refractivity contribution in [2.24, 2.45) is 5.92 Å². The summed E-state index contributed by atoms with van der Waals surface area (Å²) >= 11 is 0. The molecular weight excluding hydrogens is 288 g/mol. The molecule has 0 heterocycles. The molecule has 2 atom stereocenters. The van der Waals surface area contributed by atoms with Crippen LogP contribution >= 0.6 is 0 Å². The van der Waals surface area contributed by atoms with Crippen molar-refractivity contribution in [2.75, 3.05) is 6.61 Å². The number of unbranched alkanes of at least 4 members (excludes halogenated alkanes) is 7. The molecule has 0 aromatic carbocycles. The Morgan fingerprint density at radius 2 is 1.61 bits per heavy atom. The molecule has 0 rings (SSSR count). The number of carboxylic acids is 1. The molecule has 0 aliphatic heterocycles. The van der Waals surface area contributed by atoms with Crippen molar-refractivity contribution in [3.63, 3.8) is 0 Å². The van der Waals surface area contributed by atoms with Crippen LogP contribution in [0.3, 0.4) is 0 Å². The number of hydrogen-bond donors (Lipinski definition) is 1. The first-order valence-electron chi connectivity index (χ1n) is 9.39. The summed E-state index contributed by atoms with van der Waals surface area (Å²) in [5.41, 5.74) is 0. The predicted molar refractivity (Wildman–Crippen MR) is 96.5 cm³/mol. The summed E-state index contributed by atoms with van der Waals surface area (Å²) in [6, 6.07) is 0. The quantitative estimate of drug-likeness (QED) is 0.323. The van der Waals surface area contributed by atoms with Gasteiger partial charge in [-0.15, -0.1) is 11.8 Å². The smallest absolute Gasteiger partial charge is 0.332 e. The number of carbonyl (C=O) groups is 1. The fourth-order valence-corrected chi connectivity index (χ4v) is 2.68. The van der Waals surface area contributed by atoms with Gasteiger partial charge >= 0.3 is 5.97 Å². The molecule has 3 heteroatoms. The van der Waals surface area contributed by atoms with Crippen LogP contribution in [0.1, 0.15) is 91.4 Å². The third kappa shape index (κ3) is 13.2. The van der Waals surface area contributed by atoms with E-state index in [1.54, 1.807) is 0 Å².